The molecular weight excluding hydrogens is 418 g/mol. The van der Waals surface area contributed by atoms with Crippen LogP contribution >= 0.6 is 11.6 Å². The molecule has 0 spiro atoms. The maximum Gasteiger partial charge on any atom is 0.321 e. The van der Waals surface area contributed by atoms with Crippen LogP contribution in [0.5, 0.6) is 11.5 Å². The minimum atomic E-state index is -0.661. The third kappa shape index (κ3) is 5.41. The first-order valence-electron chi connectivity index (χ1n) is 10.2. The molecule has 1 atom stereocenters. The Hall–Kier alpha value is -2.93. The number of methoxy groups -OCH3 is 2. The number of ether oxygens (including phenoxy) is 2. The second kappa shape index (κ2) is 9.92. The summed E-state index contributed by atoms with van der Waals surface area (Å²) in [5.74, 6) is 0.839. The van der Waals surface area contributed by atoms with E-state index in [4.69, 9.17) is 21.1 Å². The number of piperidine rings is 1. The van der Waals surface area contributed by atoms with Crippen LogP contribution in [0.4, 0.5) is 10.5 Å². The normalized spacial score (nSPS) is 18.3. The Balaban J connectivity index is 1.66. The van der Waals surface area contributed by atoms with Crippen molar-refractivity contribution in [3.63, 3.8) is 0 Å². The highest BCUT2D eigenvalue weighted by Gasteiger charge is 2.39. The molecule has 1 heterocycles. The van der Waals surface area contributed by atoms with Gasteiger partial charge in [0.2, 0.25) is 5.91 Å². The van der Waals surface area contributed by atoms with Crippen LogP contribution in [0.2, 0.25) is 5.02 Å². The third-order valence-corrected chi connectivity index (χ3v) is 5.84. The predicted octanol–water partition coefficient (Wildman–Crippen LogP) is 4.31. The van der Waals surface area contributed by atoms with Crippen LogP contribution in [0.15, 0.2) is 42.5 Å². The molecule has 1 aliphatic rings. The predicted molar refractivity (Wildman–Crippen MR) is 121 cm³/mol. The van der Waals surface area contributed by atoms with Gasteiger partial charge in [-0.05, 0) is 31.4 Å². The molecule has 8 heteroatoms. The Morgan fingerprint density at radius 3 is 2.52 bits per heavy atom. The smallest absolute Gasteiger partial charge is 0.321 e. The van der Waals surface area contributed by atoms with Crippen molar-refractivity contribution in [2.24, 2.45) is 5.41 Å². The fourth-order valence-corrected chi connectivity index (χ4v) is 3.98. The van der Waals surface area contributed by atoms with Gasteiger partial charge in [0, 0.05) is 25.7 Å². The quantitative estimate of drug-likeness (QED) is 0.694. The molecule has 2 aromatic rings. The van der Waals surface area contributed by atoms with E-state index in [1.54, 1.807) is 17.0 Å². The van der Waals surface area contributed by atoms with Crippen molar-refractivity contribution < 1.29 is 19.1 Å². The molecule has 0 unspecified atom stereocenters. The van der Waals surface area contributed by atoms with Crippen LogP contribution < -0.4 is 20.1 Å². The Bertz CT molecular complexity index is 938. The minimum absolute atomic E-state index is 0.0566. The van der Waals surface area contributed by atoms with Crippen LogP contribution in [-0.4, -0.2) is 44.1 Å². The van der Waals surface area contributed by atoms with Gasteiger partial charge < -0.3 is 25.0 Å². The lowest BCUT2D eigenvalue weighted by Crippen LogP contribution is -2.52. The fourth-order valence-electron chi connectivity index (χ4n) is 3.74. The summed E-state index contributed by atoms with van der Waals surface area (Å²) in [5.41, 5.74) is 0.818. The molecule has 2 aromatic carbocycles. The van der Waals surface area contributed by atoms with E-state index in [0.29, 0.717) is 41.8 Å². The first-order chi connectivity index (χ1) is 14.9. The van der Waals surface area contributed by atoms with E-state index in [0.717, 1.165) is 18.4 Å². The van der Waals surface area contributed by atoms with Crippen molar-refractivity contribution in [2.75, 3.05) is 32.6 Å². The van der Waals surface area contributed by atoms with Crippen LogP contribution in [0.3, 0.4) is 0 Å². The lowest BCUT2D eigenvalue weighted by molar-refractivity contribution is -0.132. The summed E-state index contributed by atoms with van der Waals surface area (Å²) in [4.78, 5) is 27.5. The first-order valence-corrected chi connectivity index (χ1v) is 10.5. The molecule has 0 aromatic heterocycles. The average molecular weight is 446 g/mol. The number of amides is 3. The van der Waals surface area contributed by atoms with E-state index in [9.17, 15) is 9.59 Å². The largest absolute Gasteiger partial charge is 0.495 e. The number of halogens is 1. The second-order valence-electron chi connectivity index (χ2n) is 7.87. The topological polar surface area (TPSA) is 79.9 Å². The number of anilines is 1. The van der Waals surface area contributed by atoms with Crippen molar-refractivity contribution in [1.82, 2.24) is 10.2 Å². The molecule has 0 aliphatic carbocycles. The summed E-state index contributed by atoms with van der Waals surface area (Å²) >= 11 is 6.20. The second-order valence-corrected chi connectivity index (χ2v) is 8.28. The SMILES string of the molecule is COc1cc(OC)c(NC(=O)N2CCC[C@@](C)(C(=O)NCc3ccccc3)C2)cc1Cl. The Kier molecular flexibility index (Phi) is 7.28. The van der Waals surface area contributed by atoms with Gasteiger partial charge >= 0.3 is 6.03 Å². The van der Waals surface area contributed by atoms with Crippen molar-refractivity contribution in [3.8, 4) is 11.5 Å². The molecule has 1 saturated heterocycles. The van der Waals surface area contributed by atoms with Gasteiger partial charge in [0.1, 0.15) is 11.5 Å². The number of hydrogen-bond donors (Lipinski definition) is 2. The molecule has 0 bridgehead atoms. The van der Waals surface area contributed by atoms with Crippen molar-refractivity contribution in [2.45, 2.75) is 26.3 Å². The number of benzene rings is 2. The number of nitrogens with zero attached hydrogens (tertiary/aromatic N) is 1. The molecule has 7 nitrogen and oxygen atoms in total. The summed E-state index contributed by atoms with van der Waals surface area (Å²) < 4.78 is 10.5. The monoisotopic (exact) mass is 445 g/mol. The molecule has 166 valence electrons. The maximum absolute atomic E-state index is 12.9. The van der Waals surface area contributed by atoms with Gasteiger partial charge in [0.15, 0.2) is 0 Å². The zero-order chi connectivity index (χ0) is 22.4. The summed E-state index contributed by atoms with van der Waals surface area (Å²) in [6, 6.07) is 12.7. The Morgan fingerprint density at radius 1 is 1.13 bits per heavy atom. The molecule has 0 saturated carbocycles. The highest BCUT2D eigenvalue weighted by atomic mass is 35.5. The lowest BCUT2D eigenvalue weighted by atomic mass is 9.81. The van der Waals surface area contributed by atoms with E-state index >= 15 is 0 Å². The third-order valence-electron chi connectivity index (χ3n) is 5.54. The molecule has 1 fully saturated rings. The molecule has 2 N–H and O–H groups in total. The van der Waals surface area contributed by atoms with Gasteiger partial charge in [-0.15, -0.1) is 0 Å². The number of likely N-dealkylation sites (tertiary alicyclic amines) is 1. The van der Waals surface area contributed by atoms with E-state index in [1.165, 1.54) is 14.2 Å². The maximum atomic E-state index is 12.9. The zero-order valence-electron chi connectivity index (χ0n) is 18.0. The number of carbonyl (C=O) groups is 2. The summed E-state index contributed by atoms with van der Waals surface area (Å²) in [7, 11) is 3.02. The van der Waals surface area contributed by atoms with Gasteiger partial charge in [-0.25, -0.2) is 4.79 Å². The van der Waals surface area contributed by atoms with Gasteiger partial charge in [-0.1, -0.05) is 41.9 Å². The van der Waals surface area contributed by atoms with Gasteiger partial charge in [0.25, 0.3) is 0 Å². The van der Waals surface area contributed by atoms with Crippen LogP contribution in [0, 0.1) is 5.41 Å². The highest BCUT2D eigenvalue weighted by molar-refractivity contribution is 6.32. The number of hydrogen-bond acceptors (Lipinski definition) is 4. The van der Waals surface area contributed by atoms with Crippen LogP contribution in [-0.2, 0) is 11.3 Å². The molecule has 3 amide bonds. The summed E-state index contributed by atoms with van der Waals surface area (Å²) in [6.07, 6.45) is 1.46. The Morgan fingerprint density at radius 2 is 1.84 bits per heavy atom. The number of nitrogens with one attached hydrogen (secondary N) is 2. The molecule has 31 heavy (non-hydrogen) atoms. The van der Waals surface area contributed by atoms with E-state index in [1.807, 2.05) is 37.3 Å². The lowest BCUT2D eigenvalue weighted by Gasteiger charge is -2.39. The first kappa shape index (κ1) is 22.7. The fraction of sp³-hybridized carbons (Fsp3) is 0.391. The standard InChI is InChI=1S/C23H28ClN3O4/c1-23(21(28)25-14-16-8-5-4-6-9-16)10-7-11-27(15-23)22(29)26-18-12-17(24)19(30-2)13-20(18)31-3/h4-6,8-9,12-13H,7,10-11,14-15H2,1-3H3,(H,25,28)(H,26,29)/t23-/m1/s1. The van der Waals surface area contributed by atoms with Gasteiger partial charge in [0.05, 0.1) is 30.3 Å². The highest BCUT2D eigenvalue weighted by Crippen LogP contribution is 2.36. The van der Waals surface area contributed by atoms with Gasteiger partial charge in [-0.3, -0.25) is 4.79 Å². The minimum Gasteiger partial charge on any atom is -0.495 e. The Labute approximate surface area is 187 Å². The van der Waals surface area contributed by atoms with E-state index < -0.39 is 5.41 Å². The van der Waals surface area contributed by atoms with E-state index in [-0.39, 0.29) is 11.9 Å². The number of urea groups is 1. The zero-order valence-corrected chi connectivity index (χ0v) is 18.8. The van der Waals surface area contributed by atoms with Crippen LogP contribution in [0.25, 0.3) is 0 Å². The summed E-state index contributed by atoms with van der Waals surface area (Å²) in [5, 5.41) is 6.22. The average Bonchev–Trinajstić information content (AvgIpc) is 2.78. The molecule has 1 aliphatic heterocycles. The molecular formula is C23H28ClN3O4. The number of carbonyl (C=O) groups excluding carboxylic acids is 2. The molecule has 0 radical (unpaired) electrons. The van der Waals surface area contributed by atoms with Gasteiger partial charge in [-0.2, -0.15) is 0 Å². The van der Waals surface area contributed by atoms with Crippen molar-refractivity contribution in [1.29, 1.82) is 0 Å². The number of rotatable bonds is 6. The van der Waals surface area contributed by atoms with Crippen molar-refractivity contribution >= 4 is 29.2 Å². The van der Waals surface area contributed by atoms with E-state index in [2.05, 4.69) is 10.6 Å². The molecule has 3 rings (SSSR count). The summed E-state index contributed by atoms with van der Waals surface area (Å²) in [6.45, 7) is 3.26. The van der Waals surface area contributed by atoms with Crippen LogP contribution in [0.1, 0.15) is 25.3 Å². The van der Waals surface area contributed by atoms with Crippen molar-refractivity contribution in [3.05, 3.63) is 53.1 Å².